The van der Waals surface area contributed by atoms with Crippen LogP contribution in [0, 0.1) is 5.92 Å². The lowest BCUT2D eigenvalue weighted by Gasteiger charge is -2.30. The molecule has 0 aliphatic carbocycles. The van der Waals surface area contributed by atoms with Gasteiger partial charge in [-0.15, -0.1) is 0 Å². The first-order chi connectivity index (χ1) is 16.7. The minimum Gasteiger partial charge on any atom is -0.494 e. The highest BCUT2D eigenvalue weighted by atomic mass is 32.1. The van der Waals surface area contributed by atoms with Gasteiger partial charge >= 0.3 is 0 Å². The van der Waals surface area contributed by atoms with E-state index in [2.05, 4.69) is 23.5 Å². The molecule has 2 aromatic heterocycles. The maximum Gasteiger partial charge on any atom is 0.273 e. The van der Waals surface area contributed by atoms with Gasteiger partial charge in [0.05, 0.1) is 18.6 Å². The largest absolute Gasteiger partial charge is 0.494 e. The van der Waals surface area contributed by atoms with Crippen molar-refractivity contribution in [1.29, 1.82) is 0 Å². The van der Waals surface area contributed by atoms with Crippen molar-refractivity contribution in [2.24, 2.45) is 11.7 Å². The lowest BCUT2D eigenvalue weighted by molar-refractivity contribution is -0.122. The summed E-state index contributed by atoms with van der Waals surface area (Å²) in [6.07, 6.45) is 2.19. The summed E-state index contributed by atoms with van der Waals surface area (Å²) in [5.41, 5.74) is 11.4. The molecule has 35 heavy (non-hydrogen) atoms. The molecule has 11 heteroatoms. The summed E-state index contributed by atoms with van der Waals surface area (Å²) in [6.45, 7) is 6.86. The molecular formula is C24H29N5O5S. The standard InChI is InChI=1S/C24H29N5O5S/c1-4-33-16-9-7-15(8-10-16)29(24(32)21-18(25)19(22(26)30)28-35-21)20(17-6-5-13-34-17)23(31)27-12-11-14(2)3/h5-10,13-14,20H,4,11-12,25H2,1-3H3,(H2,26,30)(H,27,31). The fraction of sp³-hybridized carbons (Fsp3) is 0.333. The van der Waals surface area contributed by atoms with Crippen molar-refractivity contribution in [2.75, 3.05) is 23.8 Å². The van der Waals surface area contributed by atoms with Gasteiger partial charge in [-0.2, -0.15) is 4.37 Å². The molecular weight excluding hydrogens is 470 g/mol. The van der Waals surface area contributed by atoms with Crippen molar-refractivity contribution < 1.29 is 23.5 Å². The molecule has 3 amide bonds. The van der Waals surface area contributed by atoms with E-state index in [1.54, 1.807) is 36.4 Å². The second-order valence-corrected chi connectivity index (χ2v) is 8.91. The van der Waals surface area contributed by atoms with Crippen LogP contribution in [-0.4, -0.2) is 35.2 Å². The average molecular weight is 500 g/mol. The summed E-state index contributed by atoms with van der Waals surface area (Å²) in [6, 6.07) is 8.81. The number of carbonyl (C=O) groups excluding carboxylic acids is 3. The molecule has 0 spiro atoms. The highest BCUT2D eigenvalue weighted by molar-refractivity contribution is 7.09. The predicted octanol–water partition coefficient (Wildman–Crippen LogP) is 3.37. The predicted molar refractivity (Wildman–Crippen MR) is 133 cm³/mol. The van der Waals surface area contributed by atoms with Crippen molar-refractivity contribution >= 4 is 40.6 Å². The molecule has 0 aliphatic heterocycles. The summed E-state index contributed by atoms with van der Waals surface area (Å²) >= 11 is 0.741. The van der Waals surface area contributed by atoms with E-state index < -0.39 is 23.8 Å². The van der Waals surface area contributed by atoms with E-state index in [-0.39, 0.29) is 22.0 Å². The van der Waals surface area contributed by atoms with Gasteiger partial charge in [-0.1, -0.05) is 13.8 Å². The zero-order valence-corrected chi connectivity index (χ0v) is 20.6. The Labute approximate surface area is 207 Å². The number of furan rings is 1. The number of amides is 3. The Morgan fingerprint density at radius 2 is 1.91 bits per heavy atom. The molecule has 10 nitrogen and oxygen atoms in total. The van der Waals surface area contributed by atoms with Crippen LogP contribution in [0.3, 0.4) is 0 Å². The molecule has 0 bridgehead atoms. The fourth-order valence-corrected chi connectivity index (χ4v) is 4.14. The lowest BCUT2D eigenvalue weighted by atomic mass is 10.1. The monoisotopic (exact) mass is 499 g/mol. The first-order valence-electron chi connectivity index (χ1n) is 11.2. The Morgan fingerprint density at radius 3 is 2.46 bits per heavy atom. The Morgan fingerprint density at radius 1 is 1.20 bits per heavy atom. The van der Waals surface area contributed by atoms with Crippen LogP contribution >= 0.6 is 11.5 Å². The molecule has 0 saturated heterocycles. The number of ether oxygens (including phenoxy) is 1. The molecule has 1 aromatic carbocycles. The molecule has 5 N–H and O–H groups in total. The Kier molecular flexibility index (Phi) is 8.48. The Bertz CT molecular complexity index is 1160. The van der Waals surface area contributed by atoms with Gasteiger partial charge in [0.15, 0.2) is 11.7 Å². The van der Waals surface area contributed by atoms with E-state index in [1.165, 1.54) is 11.2 Å². The molecule has 1 unspecified atom stereocenters. The van der Waals surface area contributed by atoms with Crippen LogP contribution in [0.15, 0.2) is 47.1 Å². The van der Waals surface area contributed by atoms with E-state index in [4.69, 9.17) is 20.6 Å². The number of hydrogen-bond donors (Lipinski definition) is 3. The number of primary amides is 1. The number of nitrogen functional groups attached to an aromatic ring is 1. The first kappa shape index (κ1) is 25.8. The number of aromatic nitrogens is 1. The van der Waals surface area contributed by atoms with Gasteiger partial charge < -0.3 is 25.9 Å². The Hall–Kier alpha value is -3.86. The third-order valence-electron chi connectivity index (χ3n) is 5.14. The molecule has 186 valence electrons. The van der Waals surface area contributed by atoms with E-state index in [9.17, 15) is 14.4 Å². The number of nitrogens with zero attached hydrogens (tertiary/aromatic N) is 2. The second-order valence-electron chi connectivity index (χ2n) is 8.13. The number of rotatable bonds is 11. The SMILES string of the molecule is CCOc1ccc(N(C(=O)c2snc(C(N)=O)c2N)C(C(=O)NCCC(C)C)c2ccco2)cc1. The summed E-state index contributed by atoms with van der Waals surface area (Å²) in [7, 11) is 0. The molecule has 1 atom stereocenters. The molecule has 0 aliphatic rings. The highest BCUT2D eigenvalue weighted by Gasteiger charge is 2.37. The minimum absolute atomic E-state index is 0.0146. The summed E-state index contributed by atoms with van der Waals surface area (Å²) in [5, 5.41) is 2.89. The molecule has 3 rings (SSSR count). The van der Waals surface area contributed by atoms with Gasteiger partial charge in [-0.3, -0.25) is 19.3 Å². The molecule has 0 radical (unpaired) electrons. The zero-order chi connectivity index (χ0) is 25.5. The molecule has 3 aromatic rings. The van der Waals surface area contributed by atoms with E-state index >= 15 is 0 Å². The van der Waals surface area contributed by atoms with Crippen molar-refractivity contribution in [3.8, 4) is 5.75 Å². The van der Waals surface area contributed by atoms with Gasteiger partial charge in [-0.05, 0) is 67.2 Å². The van der Waals surface area contributed by atoms with Crippen LogP contribution in [0.5, 0.6) is 5.75 Å². The van der Waals surface area contributed by atoms with Gasteiger partial charge in [-0.25, -0.2) is 0 Å². The number of nitrogens with two attached hydrogens (primary N) is 2. The van der Waals surface area contributed by atoms with Crippen molar-refractivity contribution in [2.45, 2.75) is 33.2 Å². The molecule has 0 saturated carbocycles. The summed E-state index contributed by atoms with van der Waals surface area (Å²) in [4.78, 5) is 40.2. The third-order valence-corrected chi connectivity index (χ3v) is 5.99. The molecule has 2 heterocycles. The van der Waals surface area contributed by atoms with Gasteiger partial charge in [0.2, 0.25) is 0 Å². The second kappa shape index (κ2) is 11.5. The smallest absolute Gasteiger partial charge is 0.273 e. The van der Waals surface area contributed by atoms with Crippen LogP contribution in [-0.2, 0) is 4.79 Å². The van der Waals surface area contributed by atoms with Gasteiger partial charge in [0.25, 0.3) is 17.7 Å². The van der Waals surface area contributed by atoms with Crippen LogP contribution < -0.4 is 26.4 Å². The summed E-state index contributed by atoms with van der Waals surface area (Å²) in [5.74, 6) is -0.664. The number of carbonyl (C=O) groups is 3. The van der Waals surface area contributed by atoms with Crippen molar-refractivity contribution in [3.63, 3.8) is 0 Å². The number of benzene rings is 1. The normalized spacial score (nSPS) is 11.8. The zero-order valence-electron chi connectivity index (χ0n) is 19.8. The topological polar surface area (TPSA) is 154 Å². The van der Waals surface area contributed by atoms with E-state index in [0.717, 1.165) is 18.0 Å². The van der Waals surface area contributed by atoms with Gasteiger partial charge in [0.1, 0.15) is 16.4 Å². The van der Waals surface area contributed by atoms with E-state index in [0.29, 0.717) is 30.5 Å². The van der Waals surface area contributed by atoms with Crippen molar-refractivity contribution in [3.05, 3.63) is 59.0 Å². The van der Waals surface area contributed by atoms with Crippen LogP contribution in [0.25, 0.3) is 0 Å². The fourth-order valence-electron chi connectivity index (χ4n) is 3.39. The highest BCUT2D eigenvalue weighted by Crippen LogP contribution is 2.34. The third kappa shape index (κ3) is 5.99. The quantitative estimate of drug-likeness (QED) is 0.365. The maximum atomic E-state index is 13.8. The number of anilines is 2. The number of hydrogen-bond acceptors (Lipinski definition) is 8. The van der Waals surface area contributed by atoms with Crippen LogP contribution in [0.2, 0.25) is 0 Å². The summed E-state index contributed by atoms with van der Waals surface area (Å²) < 4.78 is 15.0. The minimum atomic E-state index is -1.15. The average Bonchev–Trinajstić information content (AvgIpc) is 3.47. The molecule has 0 fully saturated rings. The lowest BCUT2D eigenvalue weighted by Crippen LogP contribution is -2.44. The van der Waals surface area contributed by atoms with Gasteiger partial charge in [0, 0.05) is 12.2 Å². The van der Waals surface area contributed by atoms with E-state index in [1.807, 2.05) is 6.92 Å². The Balaban J connectivity index is 2.09. The van der Waals surface area contributed by atoms with Crippen LogP contribution in [0.4, 0.5) is 11.4 Å². The van der Waals surface area contributed by atoms with Crippen LogP contribution in [0.1, 0.15) is 59.2 Å². The van der Waals surface area contributed by atoms with Crippen molar-refractivity contribution in [1.82, 2.24) is 9.69 Å². The maximum absolute atomic E-state index is 13.8. The first-order valence-corrected chi connectivity index (χ1v) is 11.9. The number of nitrogens with one attached hydrogen (secondary N) is 1.